The number of benzene rings is 1. The van der Waals surface area contributed by atoms with Crippen molar-refractivity contribution in [2.45, 2.75) is 26.4 Å². The summed E-state index contributed by atoms with van der Waals surface area (Å²) in [4.78, 5) is 24.6. The molecule has 1 aliphatic rings. The Bertz CT molecular complexity index is 1090. The van der Waals surface area contributed by atoms with E-state index >= 15 is 0 Å². The van der Waals surface area contributed by atoms with Gasteiger partial charge in [0.2, 0.25) is 0 Å². The summed E-state index contributed by atoms with van der Waals surface area (Å²) in [6, 6.07) is 8.25. The summed E-state index contributed by atoms with van der Waals surface area (Å²) >= 11 is 11.4. The van der Waals surface area contributed by atoms with Crippen LogP contribution in [0.5, 0.6) is 0 Å². The van der Waals surface area contributed by atoms with Crippen LogP contribution >= 0.6 is 23.8 Å². The summed E-state index contributed by atoms with van der Waals surface area (Å²) in [5.41, 5.74) is 4.61. The average molecular weight is 373 g/mol. The van der Waals surface area contributed by atoms with Crippen LogP contribution in [-0.4, -0.2) is 26.4 Å². The first kappa shape index (κ1) is 16.4. The Labute approximate surface area is 154 Å². The first-order valence-electron chi connectivity index (χ1n) is 8.12. The average Bonchev–Trinajstić information content (AvgIpc) is 2.56. The first-order chi connectivity index (χ1) is 12.0. The Hall–Kier alpha value is -2.02. The molecule has 128 valence electrons. The van der Waals surface area contributed by atoms with Gasteiger partial charge in [0.15, 0.2) is 4.77 Å². The van der Waals surface area contributed by atoms with Crippen LogP contribution < -0.4 is 5.56 Å². The van der Waals surface area contributed by atoms with Crippen molar-refractivity contribution in [2.24, 2.45) is 0 Å². The van der Waals surface area contributed by atoms with E-state index in [1.807, 2.05) is 13.0 Å². The molecule has 0 aliphatic carbocycles. The predicted octanol–water partition coefficient (Wildman–Crippen LogP) is 3.50. The standard InChI is InChI=1S/C18H17ClN4OS/c1-10-2-3-11-7-12(16(19)20-15(11)6-10)8-23-5-4-14-13(9-23)17(24)22-18(25)21-14/h2-3,6-7H,4-5,8-9H2,1H3,(H2,21,22,24,25). The molecule has 0 fully saturated rings. The maximum atomic E-state index is 12.1. The smallest absolute Gasteiger partial charge is 0.256 e. The second-order valence-corrected chi connectivity index (χ2v) is 7.23. The quantitative estimate of drug-likeness (QED) is 0.533. The minimum Gasteiger partial charge on any atom is -0.335 e. The van der Waals surface area contributed by atoms with Crippen LogP contribution in [0, 0.1) is 11.7 Å². The van der Waals surface area contributed by atoms with Gasteiger partial charge in [-0.1, -0.05) is 23.7 Å². The minimum absolute atomic E-state index is 0.110. The van der Waals surface area contributed by atoms with E-state index in [1.54, 1.807) is 0 Å². The number of pyridine rings is 1. The van der Waals surface area contributed by atoms with Crippen molar-refractivity contribution in [3.05, 3.63) is 66.9 Å². The third kappa shape index (κ3) is 3.25. The second-order valence-electron chi connectivity index (χ2n) is 6.46. The highest BCUT2D eigenvalue weighted by atomic mass is 35.5. The van der Waals surface area contributed by atoms with Crippen LogP contribution in [-0.2, 0) is 19.5 Å². The fourth-order valence-electron chi connectivity index (χ4n) is 3.30. The van der Waals surface area contributed by atoms with Crippen molar-refractivity contribution < 1.29 is 0 Å². The molecule has 4 rings (SSSR count). The van der Waals surface area contributed by atoms with Crippen LogP contribution in [0.15, 0.2) is 29.1 Å². The molecule has 5 nitrogen and oxygen atoms in total. The highest BCUT2D eigenvalue weighted by molar-refractivity contribution is 7.71. The number of fused-ring (bicyclic) bond motifs is 2. The van der Waals surface area contributed by atoms with E-state index in [9.17, 15) is 4.79 Å². The van der Waals surface area contributed by atoms with Gasteiger partial charge in [-0.2, -0.15) is 0 Å². The van der Waals surface area contributed by atoms with Crippen molar-refractivity contribution in [2.75, 3.05) is 6.54 Å². The molecule has 1 aromatic carbocycles. The number of H-pyrrole nitrogens is 2. The van der Waals surface area contributed by atoms with Gasteiger partial charge in [-0.25, -0.2) is 4.98 Å². The molecule has 3 aromatic rings. The van der Waals surface area contributed by atoms with Crippen LogP contribution in [0.3, 0.4) is 0 Å². The largest absolute Gasteiger partial charge is 0.335 e. The van der Waals surface area contributed by atoms with Crippen LogP contribution in [0.4, 0.5) is 0 Å². The number of nitrogens with one attached hydrogen (secondary N) is 2. The number of aromatic nitrogens is 3. The topological polar surface area (TPSA) is 64.8 Å². The number of aryl methyl sites for hydroxylation is 1. The van der Waals surface area contributed by atoms with Gasteiger partial charge >= 0.3 is 0 Å². The molecule has 0 atom stereocenters. The molecule has 0 amide bonds. The SMILES string of the molecule is Cc1ccc2cc(CN3CCc4[nH]c(=S)[nH]c(=O)c4C3)c(Cl)nc2c1. The summed E-state index contributed by atoms with van der Waals surface area (Å²) in [5.74, 6) is 0. The van der Waals surface area contributed by atoms with E-state index < -0.39 is 0 Å². The lowest BCUT2D eigenvalue weighted by molar-refractivity contribution is 0.241. The molecule has 1 aliphatic heterocycles. The number of hydrogen-bond acceptors (Lipinski definition) is 4. The number of hydrogen-bond donors (Lipinski definition) is 2. The Kier molecular flexibility index (Phi) is 4.19. The third-order valence-corrected chi connectivity index (χ3v) is 5.11. The Balaban J connectivity index is 1.63. The third-order valence-electron chi connectivity index (χ3n) is 4.58. The van der Waals surface area contributed by atoms with Crippen LogP contribution in [0.25, 0.3) is 10.9 Å². The minimum atomic E-state index is -0.110. The van der Waals surface area contributed by atoms with Crippen molar-refractivity contribution in [1.29, 1.82) is 0 Å². The molecule has 25 heavy (non-hydrogen) atoms. The Morgan fingerprint density at radius 2 is 2.16 bits per heavy atom. The number of halogens is 1. The maximum Gasteiger partial charge on any atom is 0.256 e. The van der Waals surface area contributed by atoms with E-state index in [4.69, 9.17) is 23.8 Å². The number of rotatable bonds is 2. The second kappa shape index (κ2) is 6.37. The fourth-order valence-corrected chi connectivity index (χ4v) is 3.72. The highest BCUT2D eigenvalue weighted by Crippen LogP contribution is 2.24. The van der Waals surface area contributed by atoms with Crippen molar-refractivity contribution in [1.82, 2.24) is 19.9 Å². The van der Waals surface area contributed by atoms with E-state index in [0.29, 0.717) is 23.0 Å². The lowest BCUT2D eigenvalue weighted by Gasteiger charge is -2.28. The highest BCUT2D eigenvalue weighted by Gasteiger charge is 2.20. The van der Waals surface area contributed by atoms with E-state index in [1.165, 1.54) is 0 Å². The van der Waals surface area contributed by atoms with Crippen molar-refractivity contribution in [3.8, 4) is 0 Å². The zero-order valence-electron chi connectivity index (χ0n) is 13.7. The monoisotopic (exact) mass is 372 g/mol. The van der Waals surface area contributed by atoms with Crippen LogP contribution in [0.1, 0.15) is 22.4 Å². The molecule has 0 saturated heterocycles. The van der Waals surface area contributed by atoms with Gasteiger partial charge in [0, 0.05) is 42.7 Å². The summed E-state index contributed by atoms with van der Waals surface area (Å²) in [6.45, 7) is 4.10. The summed E-state index contributed by atoms with van der Waals surface area (Å²) < 4.78 is 0.384. The van der Waals surface area contributed by atoms with Crippen LogP contribution in [0.2, 0.25) is 5.15 Å². The van der Waals surface area contributed by atoms with Gasteiger partial charge in [0.1, 0.15) is 5.15 Å². The predicted molar refractivity (Wildman–Crippen MR) is 102 cm³/mol. The molecule has 0 bridgehead atoms. The van der Waals surface area contributed by atoms with E-state index in [2.05, 4.69) is 38.1 Å². The molecule has 7 heteroatoms. The van der Waals surface area contributed by atoms with Gasteiger partial charge < -0.3 is 4.98 Å². The maximum absolute atomic E-state index is 12.1. The molecular formula is C18H17ClN4OS. The Morgan fingerprint density at radius 1 is 1.32 bits per heavy atom. The number of nitrogens with zero attached hydrogens (tertiary/aromatic N) is 2. The molecule has 0 radical (unpaired) electrons. The molecule has 3 heterocycles. The van der Waals surface area contributed by atoms with Gasteiger partial charge in [0.05, 0.1) is 11.1 Å². The first-order valence-corrected chi connectivity index (χ1v) is 8.91. The number of aromatic amines is 2. The van der Waals surface area contributed by atoms with Crippen molar-refractivity contribution >= 4 is 34.7 Å². The van der Waals surface area contributed by atoms with Gasteiger partial charge in [-0.15, -0.1) is 0 Å². The van der Waals surface area contributed by atoms with Gasteiger partial charge in [0.25, 0.3) is 5.56 Å². The van der Waals surface area contributed by atoms with Gasteiger partial charge in [-0.3, -0.25) is 14.7 Å². The summed E-state index contributed by atoms with van der Waals surface area (Å²) in [7, 11) is 0. The molecule has 0 spiro atoms. The zero-order valence-corrected chi connectivity index (χ0v) is 15.3. The Morgan fingerprint density at radius 3 is 3.00 bits per heavy atom. The zero-order chi connectivity index (χ0) is 17.6. The van der Waals surface area contributed by atoms with Crippen molar-refractivity contribution in [3.63, 3.8) is 0 Å². The molecule has 2 aromatic heterocycles. The lowest BCUT2D eigenvalue weighted by atomic mass is 10.1. The van der Waals surface area contributed by atoms with E-state index in [0.717, 1.165) is 46.3 Å². The van der Waals surface area contributed by atoms with Gasteiger partial charge in [-0.05, 0) is 36.8 Å². The normalized spacial score (nSPS) is 14.6. The summed E-state index contributed by atoms with van der Waals surface area (Å²) in [6.07, 6.45) is 0.765. The molecule has 0 unspecified atom stereocenters. The molecular weight excluding hydrogens is 356 g/mol. The lowest BCUT2D eigenvalue weighted by Crippen LogP contribution is -2.35. The molecule has 2 N–H and O–H groups in total. The summed E-state index contributed by atoms with van der Waals surface area (Å²) in [5, 5.41) is 1.59. The van der Waals surface area contributed by atoms with E-state index in [-0.39, 0.29) is 5.56 Å². The molecule has 0 saturated carbocycles. The fraction of sp³-hybridized carbons (Fsp3) is 0.278.